The molecule has 27 heavy (non-hydrogen) atoms. The molecule has 0 aliphatic rings. The van der Waals surface area contributed by atoms with Gasteiger partial charge in [-0.25, -0.2) is 14.8 Å². The van der Waals surface area contributed by atoms with Crippen LogP contribution in [0.25, 0.3) is 10.9 Å². The topological polar surface area (TPSA) is 73.4 Å². The summed E-state index contributed by atoms with van der Waals surface area (Å²) in [6, 6.07) is 7.86. The minimum absolute atomic E-state index is 0.0966. The summed E-state index contributed by atoms with van der Waals surface area (Å²) in [6.07, 6.45) is 3.06. The number of amides is 2. The number of nitrogens with zero attached hydrogens (tertiary/aromatic N) is 4. The lowest BCUT2D eigenvalue weighted by Gasteiger charge is -2.18. The minimum atomic E-state index is -0.0966. The van der Waals surface area contributed by atoms with E-state index in [-0.39, 0.29) is 6.03 Å². The number of unbranched alkanes of at least 4 members (excludes halogenated alkanes) is 1. The summed E-state index contributed by atoms with van der Waals surface area (Å²) in [5.41, 5.74) is 0.886. The van der Waals surface area contributed by atoms with Crippen molar-refractivity contribution in [2.24, 2.45) is 0 Å². The first-order chi connectivity index (χ1) is 13.0. The van der Waals surface area contributed by atoms with Crippen LogP contribution in [0.3, 0.4) is 0 Å². The average Bonchev–Trinajstić information content (AvgIpc) is 2.65. The van der Waals surface area contributed by atoms with Gasteiger partial charge in [-0.05, 0) is 45.6 Å². The number of fused-ring (bicyclic) bond motifs is 1. The van der Waals surface area contributed by atoms with Gasteiger partial charge in [0.05, 0.1) is 12.1 Å². The second-order valence-electron chi connectivity index (χ2n) is 7.03. The number of nitrogens with one attached hydrogen (secondary N) is 2. The average molecular weight is 373 g/mol. The van der Waals surface area contributed by atoms with E-state index in [1.54, 1.807) is 11.9 Å². The van der Waals surface area contributed by atoms with E-state index in [9.17, 15) is 4.79 Å². The van der Waals surface area contributed by atoms with Gasteiger partial charge in [-0.1, -0.05) is 25.5 Å². The van der Waals surface area contributed by atoms with Crippen LogP contribution in [0, 0.1) is 0 Å². The molecule has 0 aliphatic heterocycles. The highest BCUT2D eigenvalue weighted by Gasteiger charge is 2.13. The van der Waals surface area contributed by atoms with Crippen molar-refractivity contribution in [1.82, 2.24) is 25.1 Å². The van der Waals surface area contributed by atoms with Gasteiger partial charge >= 0.3 is 6.03 Å². The summed E-state index contributed by atoms with van der Waals surface area (Å²) >= 11 is 0. The van der Waals surface area contributed by atoms with Crippen LogP contribution in [0.5, 0.6) is 0 Å². The van der Waals surface area contributed by atoms with Crippen molar-refractivity contribution in [3.05, 3.63) is 30.1 Å². The number of aromatic nitrogens is 2. The molecule has 0 spiro atoms. The summed E-state index contributed by atoms with van der Waals surface area (Å²) < 4.78 is 0. The quantitative estimate of drug-likeness (QED) is 0.627. The number of carbonyl (C=O) groups is 1. The summed E-state index contributed by atoms with van der Waals surface area (Å²) in [6.45, 7) is 5.02. The predicted molar refractivity (Wildman–Crippen MR) is 111 cm³/mol. The minimum Gasteiger partial charge on any atom is -0.369 e. The van der Waals surface area contributed by atoms with Crippen LogP contribution in [0.4, 0.5) is 10.6 Å². The predicted octanol–water partition coefficient (Wildman–Crippen LogP) is 2.93. The van der Waals surface area contributed by atoms with E-state index in [0.717, 1.165) is 49.1 Å². The van der Waals surface area contributed by atoms with E-state index in [4.69, 9.17) is 0 Å². The van der Waals surface area contributed by atoms with Gasteiger partial charge in [-0.15, -0.1) is 0 Å². The lowest BCUT2D eigenvalue weighted by atomic mass is 10.2. The smallest absolute Gasteiger partial charge is 0.317 e. The Labute approximate surface area is 162 Å². The van der Waals surface area contributed by atoms with Crippen molar-refractivity contribution in [2.75, 3.05) is 46.1 Å². The zero-order chi connectivity index (χ0) is 19.6. The van der Waals surface area contributed by atoms with E-state index in [1.165, 1.54) is 0 Å². The van der Waals surface area contributed by atoms with Crippen LogP contribution in [-0.4, -0.2) is 66.6 Å². The zero-order valence-electron chi connectivity index (χ0n) is 17.0. The molecule has 2 N–H and O–H groups in total. The lowest BCUT2D eigenvalue weighted by Crippen LogP contribution is -2.37. The Morgan fingerprint density at radius 3 is 2.59 bits per heavy atom. The van der Waals surface area contributed by atoms with Gasteiger partial charge in [-0.3, -0.25) is 0 Å². The molecule has 0 aliphatic carbocycles. The van der Waals surface area contributed by atoms with Crippen LogP contribution >= 0.6 is 0 Å². The van der Waals surface area contributed by atoms with Gasteiger partial charge in [0, 0.05) is 25.5 Å². The molecule has 2 aromatic rings. The third-order valence-electron chi connectivity index (χ3n) is 4.26. The molecule has 0 atom stereocenters. The van der Waals surface area contributed by atoms with E-state index in [2.05, 4.69) is 46.5 Å². The number of rotatable bonds is 10. The maximum atomic E-state index is 12.2. The fourth-order valence-electron chi connectivity index (χ4n) is 2.72. The Hall–Kier alpha value is -2.41. The fraction of sp³-hybridized carbons (Fsp3) is 0.550. The summed E-state index contributed by atoms with van der Waals surface area (Å²) in [4.78, 5) is 25.3. The first-order valence-corrected chi connectivity index (χ1v) is 9.64. The molecule has 1 aromatic carbocycles. The third kappa shape index (κ3) is 6.67. The van der Waals surface area contributed by atoms with E-state index < -0.39 is 0 Å². The molecule has 7 heteroatoms. The first-order valence-electron chi connectivity index (χ1n) is 9.64. The molecule has 0 bridgehead atoms. The molecule has 148 valence electrons. The molecule has 7 nitrogen and oxygen atoms in total. The number of benzene rings is 1. The maximum Gasteiger partial charge on any atom is 0.317 e. The van der Waals surface area contributed by atoms with Crippen molar-refractivity contribution in [1.29, 1.82) is 0 Å². The van der Waals surface area contributed by atoms with Crippen LogP contribution in [0.2, 0.25) is 0 Å². The van der Waals surface area contributed by atoms with Crippen LogP contribution < -0.4 is 10.6 Å². The van der Waals surface area contributed by atoms with E-state index in [1.807, 2.05) is 24.3 Å². The van der Waals surface area contributed by atoms with Crippen molar-refractivity contribution >= 4 is 22.8 Å². The molecule has 0 radical (unpaired) electrons. The maximum absolute atomic E-state index is 12.2. The Balaban J connectivity index is 2.08. The van der Waals surface area contributed by atoms with Crippen molar-refractivity contribution in [3.8, 4) is 0 Å². The van der Waals surface area contributed by atoms with Crippen LogP contribution in [-0.2, 0) is 6.54 Å². The first kappa shape index (κ1) is 20.9. The number of anilines is 1. The van der Waals surface area contributed by atoms with Gasteiger partial charge < -0.3 is 20.4 Å². The van der Waals surface area contributed by atoms with Crippen molar-refractivity contribution in [2.45, 2.75) is 32.7 Å². The molecule has 1 aromatic heterocycles. The standard InChI is InChI=1S/C20H32N6O/c1-5-6-12-22-20(27)26(4)15-18-23-17-11-8-7-10-16(17)19(24-18)21-13-9-14-25(2)3/h7-8,10-11H,5-6,9,12-15H2,1-4H3,(H,22,27)(H,21,23,24). The Bertz CT molecular complexity index is 733. The van der Waals surface area contributed by atoms with Gasteiger partial charge in [-0.2, -0.15) is 0 Å². The third-order valence-corrected chi connectivity index (χ3v) is 4.26. The molecule has 1 heterocycles. The van der Waals surface area contributed by atoms with E-state index in [0.29, 0.717) is 18.9 Å². The molecular weight excluding hydrogens is 340 g/mol. The summed E-state index contributed by atoms with van der Waals surface area (Å²) in [5, 5.41) is 7.35. The number of urea groups is 1. The second kappa shape index (κ2) is 10.7. The van der Waals surface area contributed by atoms with Crippen molar-refractivity contribution < 1.29 is 4.79 Å². The van der Waals surface area contributed by atoms with Crippen LogP contribution in [0.15, 0.2) is 24.3 Å². The largest absolute Gasteiger partial charge is 0.369 e. The fourth-order valence-corrected chi connectivity index (χ4v) is 2.72. The van der Waals surface area contributed by atoms with Gasteiger partial charge in [0.15, 0.2) is 5.82 Å². The molecule has 2 amide bonds. The highest BCUT2D eigenvalue weighted by Crippen LogP contribution is 2.20. The van der Waals surface area contributed by atoms with Crippen molar-refractivity contribution in [3.63, 3.8) is 0 Å². The highest BCUT2D eigenvalue weighted by molar-refractivity contribution is 5.89. The second-order valence-corrected chi connectivity index (χ2v) is 7.03. The monoisotopic (exact) mass is 372 g/mol. The molecule has 0 unspecified atom stereocenters. The molecule has 0 saturated carbocycles. The summed E-state index contributed by atoms with van der Waals surface area (Å²) in [7, 11) is 5.91. The van der Waals surface area contributed by atoms with Gasteiger partial charge in [0.25, 0.3) is 0 Å². The number of para-hydroxylation sites is 1. The molecular formula is C20H32N6O. The normalized spacial score (nSPS) is 11.0. The number of hydrogen-bond acceptors (Lipinski definition) is 5. The Kier molecular flexibility index (Phi) is 8.26. The Morgan fingerprint density at radius 1 is 1.07 bits per heavy atom. The number of carbonyl (C=O) groups excluding carboxylic acids is 1. The van der Waals surface area contributed by atoms with Crippen LogP contribution in [0.1, 0.15) is 32.0 Å². The Morgan fingerprint density at radius 2 is 1.85 bits per heavy atom. The molecule has 0 saturated heterocycles. The SMILES string of the molecule is CCCCNC(=O)N(C)Cc1nc(NCCCN(C)C)c2ccccc2n1. The van der Waals surface area contributed by atoms with E-state index >= 15 is 0 Å². The van der Waals surface area contributed by atoms with Gasteiger partial charge in [0.1, 0.15) is 5.82 Å². The number of hydrogen-bond donors (Lipinski definition) is 2. The lowest BCUT2D eigenvalue weighted by molar-refractivity contribution is 0.205. The van der Waals surface area contributed by atoms with Gasteiger partial charge in [0.2, 0.25) is 0 Å². The highest BCUT2D eigenvalue weighted by atomic mass is 16.2. The summed E-state index contributed by atoms with van der Waals surface area (Å²) in [5.74, 6) is 1.46. The zero-order valence-corrected chi connectivity index (χ0v) is 17.0. The molecule has 2 rings (SSSR count). The molecule has 0 fully saturated rings.